The third kappa shape index (κ3) is 2.14. The van der Waals surface area contributed by atoms with Crippen molar-refractivity contribution in [2.45, 2.75) is 23.4 Å². The summed E-state index contributed by atoms with van der Waals surface area (Å²) in [6.07, 6.45) is 0. The van der Waals surface area contributed by atoms with E-state index in [-0.39, 0.29) is 27.3 Å². The molecule has 1 unspecified atom stereocenters. The van der Waals surface area contributed by atoms with Gasteiger partial charge in [0.05, 0.1) is 10.9 Å². The minimum Gasteiger partial charge on any atom is -0.286 e. The summed E-state index contributed by atoms with van der Waals surface area (Å²) in [7, 11) is 0. The molecule has 0 saturated carbocycles. The van der Waals surface area contributed by atoms with Crippen molar-refractivity contribution in [2.24, 2.45) is 0 Å². The highest BCUT2D eigenvalue weighted by molar-refractivity contribution is 9.09. The summed E-state index contributed by atoms with van der Waals surface area (Å²) >= 11 is 5.18. The molecule has 1 aromatic carbocycles. The molecule has 0 saturated heterocycles. The molecule has 0 amide bonds. The highest BCUT2D eigenvalue weighted by atomic mass is 79.9. The van der Waals surface area contributed by atoms with Crippen LogP contribution >= 0.6 is 44.7 Å². The molecule has 1 atom stereocenters. The van der Waals surface area contributed by atoms with Crippen molar-refractivity contribution in [1.82, 2.24) is 9.55 Å². The third-order valence-electron chi connectivity index (χ3n) is 2.94. The summed E-state index contributed by atoms with van der Waals surface area (Å²) in [6.45, 7) is 2.86. The lowest BCUT2D eigenvalue weighted by atomic mass is 10.2. The van der Waals surface area contributed by atoms with Crippen molar-refractivity contribution in [3.63, 3.8) is 0 Å². The number of fused-ring (bicyclic) bond motifs is 2. The monoisotopic (exact) mass is 390 g/mol. The fraction of sp³-hybridized carbons (Fsp3) is 0.333. The maximum atomic E-state index is 12.3. The van der Waals surface area contributed by atoms with Crippen LogP contribution in [-0.2, 0) is 6.54 Å². The second-order valence-corrected chi connectivity index (χ2v) is 6.60. The van der Waals surface area contributed by atoms with Gasteiger partial charge in [0.1, 0.15) is 0 Å². The van der Waals surface area contributed by atoms with Gasteiger partial charge >= 0.3 is 0 Å². The molecule has 0 spiro atoms. The second kappa shape index (κ2) is 4.98. The number of hydrogen-bond acceptors (Lipinski definition) is 3. The number of thioether (sulfide) groups is 1. The number of benzene rings is 1. The van der Waals surface area contributed by atoms with E-state index in [2.05, 4.69) is 27.8 Å². The van der Waals surface area contributed by atoms with Crippen molar-refractivity contribution in [1.29, 1.82) is 0 Å². The minimum atomic E-state index is 0. The smallest absolute Gasteiger partial charge is 0.262 e. The van der Waals surface area contributed by atoms with Crippen LogP contribution in [0.2, 0.25) is 0 Å². The van der Waals surface area contributed by atoms with Gasteiger partial charge in [0.15, 0.2) is 5.16 Å². The first-order valence-corrected chi connectivity index (χ1v) is 7.31. The number of para-hydroxylation sites is 1. The molecule has 0 aliphatic carbocycles. The number of alkyl halides is 1. The Morgan fingerprint density at radius 1 is 1.50 bits per heavy atom. The van der Waals surface area contributed by atoms with Crippen molar-refractivity contribution < 1.29 is 0 Å². The summed E-state index contributed by atoms with van der Waals surface area (Å²) < 4.78 is 1.81. The minimum absolute atomic E-state index is 0. The highest BCUT2D eigenvalue weighted by Crippen LogP contribution is 2.40. The summed E-state index contributed by atoms with van der Waals surface area (Å²) in [5, 5.41) is 2.38. The molecule has 0 fully saturated rings. The summed E-state index contributed by atoms with van der Waals surface area (Å²) in [4.78, 5) is 16.9. The van der Waals surface area contributed by atoms with Crippen molar-refractivity contribution in [3.8, 4) is 0 Å². The first-order valence-electron chi connectivity index (χ1n) is 5.37. The summed E-state index contributed by atoms with van der Waals surface area (Å²) in [6, 6.07) is 7.52. The predicted molar refractivity (Wildman–Crippen MR) is 84.4 cm³/mol. The number of nitrogens with zero attached hydrogens (tertiary/aromatic N) is 2. The predicted octanol–water partition coefficient (Wildman–Crippen LogP) is 3.23. The molecule has 3 nitrogen and oxygen atoms in total. The average Bonchev–Trinajstić information content (AvgIpc) is 2.68. The van der Waals surface area contributed by atoms with Gasteiger partial charge in [-0.3, -0.25) is 9.36 Å². The number of aromatic nitrogens is 2. The number of halogens is 2. The normalized spacial score (nSPS) is 21.7. The maximum Gasteiger partial charge on any atom is 0.262 e. The molecule has 1 aliphatic heterocycles. The van der Waals surface area contributed by atoms with Crippen LogP contribution in [0.15, 0.2) is 34.2 Å². The van der Waals surface area contributed by atoms with E-state index in [9.17, 15) is 4.79 Å². The van der Waals surface area contributed by atoms with Gasteiger partial charge in [-0.25, -0.2) is 4.98 Å². The first-order chi connectivity index (χ1) is 8.13. The molecule has 2 heterocycles. The van der Waals surface area contributed by atoms with E-state index in [1.54, 1.807) is 16.3 Å². The molecule has 3 rings (SSSR count). The van der Waals surface area contributed by atoms with E-state index >= 15 is 0 Å². The van der Waals surface area contributed by atoms with Gasteiger partial charge in [-0.15, -0.1) is 17.0 Å². The van der Waals surface area contributed by atoms with E-state index in [4.69, 9.17) is 0 Å². The number of hydrogen-bond donors (Lipinski definition) is 0. The zero-order chi connectivity index (χ0) is 12.0. The average molecular weight is 392 g/mol. The van der Waals surface area contributed by atoms with Crippen LogP contribution in [0.1, 0.15) is 6.92 Å². The van der Waals surface area contributed by atoms with E-state index in [0.717, 1.165) is 22.5 Å². The molecule has 0 N–H and O–H groups in total. The highest BCUT2D eigenvalue weighted by Gasteiger charge is 2.35. The molecule has 6 heteroatoms. The van der Waals surface area contributed by atoms with Gasteiger partial charge in [-0.1, -0.05) is 39.8 Å². The van der Waals surface area contributed by atoms with Crippen LogP contribution in [0.25, 0.3) is 10.9 Å². The zero-order valence-electron chi connectivity index (χ0n) is 9.72. The first kappa shape index (κ1) is 14.1. The van der Waals surface area contributed by atoms with Gasteiger partial charge in [-0.2, -0.15) is 0 Å². The van der Waals surface area contributed by atoms with Crippen molar-refractivity contribution in [3.05, 3.63) is 34.6 Å². The standard InChI is InChI=1S/C12H11BrN2OS.BrH/c1-12(6-13)7-15-10(16)8-4-2-3-5-9(8)14-11(15)17-12;/h2-5H,6-7H2,1H3;1H. The van der Waals surface area contributed by atoms with Gasteiger partial charge < -0.3 is 0 Å². The zero-order valence-corrected chi connectivity index (χ0v) is 13.8. The van der Waals surface area contributed by atoms with Crippen molar-refractivity contribution in [2.75, 3.05) is 5.33 Å². The topological polar surface area (TPSA) is 34.9 Å². The lowest BCUT2D eigenvalue weighted by Gasteiger charge is -2.16. The molecule has 1 aromatic heterocycles. The van der Waals surface area contributed by atoms with Gasteiger partial charge in [0.2, 0.25) is 0 Å². The Kier molecular flexibility index (Phi) is 3.90. The molecule has 18 heavy (non-hydrogen) atoms. The Morgan fingerprint density at radius 2 is 2.22 bits per heavy atom. The van der Waals surface area contributed by atoms with E-state index in [0.29, 0.717) is 5.39 Å². The summed E-state index contributed by atoms with van der Waals surface area (Å²) in [5.41, 5.74) is 0.859. The van der Waals surface area contributed by atoms with Gasteiger partial charge in [-0.05, 0) is 19.1 Å². The Balaban J connectivity index is 0.00000120. The van der Waals surface area contributed by atoms with Crippen LogP contribution in [-0.4, -0.2) is 19.6 Å². The van der Waals surface area contributed by atoms with E-state index in [1.807, 2.05) is 24.3 Å². The molecular formula is C12H12Br2N2OS. The van der Waals surface area contributed by atoms with Crippen molar-refractivity contribution >= 4 is 55.6 Å². The molecule has 0 radical (unpaired) electrons. The van der Waals surface area contributed by atoms with E-state index in [1.165, 1.54) is 0 Å². The molecule has 0 bridgehead atoms. The molecule has 2 aromatic rings. The van der Waals surface area contributed by atoms with Crippen LogP contribution < -0.4 is 5.56 Å². The lowest BCUT2D eigenvalue weighted by Crippen LogP contribution is -2.28. The molecule has 96 valence electrons. The fourth-order valence-corrected chi connectivity index (χ4v) is 3.63. The third-order valence-corrected chi connectivity index (χ3v) is 5.81. The van der Waals surface area contributed by atoms with Gasteiger partial charge in [0, 0.05) is 16.6 Å². The Bertz CT molecular complexity index is 658. The fourth-order valence-electron chi connectivity index (χ4n) is 2.02. The SMILES string of the molecule is Br.CC1(CBr)Cn2c(nc3ccccc3c2=O)S1. The molecule has 1 aliphatic rings. The summed E-state index contributed by atoms with van der Waals surface area (Å²) in [5.74, 6) is 0. The Morgan fingerprint density at radius 3 is 2.94 bits per heavy atom. The lowest BCUT2D eigenvalue weighted by molar-refractivity contribution is 0.554. The maximum absolute atomic E-state index is 12.3. The van der Waals surface area contributed by atoms with Crippen LogP contribution in [0.4, 0.5) is 0 Å². The Labute approximate surface area is 128 Å². The Hall–Kier alpha value is -0.330. The van der Waals surface area contributed by atoms with Crippen LogP contribution in [0.3, 0.4) is 0 Å². The quantitative estimate of drug-likeness (QED) is 0.552. The van der Waals surface area contributed by atoms with Crippen LogP contribution in [0.5, 0.6) is 0 Å². The van der Waals surface area contributed by atoms with Crippen LogP contribution in [0, 0.1) is 0 Å². The molecular weight excluding hydrogens is 380 g/mol. The second-order valence-electron chi connectivity index (χ2n) is 4.49. The van der Waals surface area contributed by atoms with E-state index < -0.39 is 0 Å². The number of rotatable bonds is 1. The largest absolute Gasteiger partial charge is 0.286 e. The van der Waals surface area contributed by atoms with Gasteiger partial charge in [0.25, 0.3) is 5.56 Å².